The van der Waals surface area contributed by atoms with Gasteiger partial charge in [-0.3, -0.25) is 23.7 Å². The topological polar surface area (TPSA) is 183 Å². The number of aryl methyl sites for hydroxylation is 2. The maximum atomic E-state index is 14.8. The molecule has 1 aliphatic carbocycles. The van der Waals surface area contributed by atoms with Crippen LogP contribution in [0.3, 0.4) is 0 Å². The number of hydrogen-bond acceptors (Lipinski definition) is 11. The minimum Gasteiger partial charge on any atom is -0.460 e. The number of nitrogens with one attached hydrogen (secondary N) is 1. The zero-order chi connectivity index (χ0) is 43.7. The van der Waals surface area contributed by atoms with Gasteiger partial charge in [-0.05, 0) is 91.7 Å². The van der Waals surface area contributed by atoms with E-state index in [1.54, 1.807) is 20.8 Å². The molecular weight excluding hydrogens is 789 g/mol. The van der Waals surface area contributed by atoms with Gasteiger partial charge in [-0.1, -0.05) is 44.4 Å². The number of ketones is 1. The summed E-state index contributed by atoms with van der Waals surface area (Å²) in [6.45, 7) is 13.4. The summed E-state index contributed by atoms with van der Waals surface area (Å²) in [5.41, 5.74) is 0.984. The molecule has 0 radical (unpaired) electrons. The molecule has 0 spiro atoms. The molecule has 1 aromatic carbocycles. The largest absolute Gasteiger partial charge is 0.460 e. The van der Waals surface area contributed by atoms with E-state index in [9.17, 15) is 27.6 Å². The third kappa shape index (κ3) is 9.80. The van der Waals surface area contributed by atoms with E-state index in [-0.39, 0.29) is 55.9 Å². The van der Waals surface area contributed by atoms with Crippen LogP contribution in [0.2, 0.25) is 0 Å². The molecule has 1 N–H and O–H groups in total. The normalized spacial score (nSPS) is 24.8. The van der Waals surface area contributed by atoms with Crippen LogP contribution < -0.4 is 9.46 Å². The van der Waals surface area contributed by atoms with Crippen molar-refractivity contribution >= 4 is 44.8 Å². The molecule has 3 aromatic rings. The first-order valence-electron chi connectivity index (χ1n) is 21.3. The number of imidazole rings is 1. The van der Waals surface area contributed by atoms with Crippen LogP contribution in [0.15, 0.2) is 34.8 Å². The van der Waals surface area contributed by atoms with Gasteiger partial charge in [-0.2, -0.15) is 17.7 Å². The zero-order valence-corrected chi connectivity index (χ0v) is 37.4. The molecule has 3 aliphatic rings. The summed E-state index contributed by atoms with van der Waals surface area (Å²) in [5, 5.41) is 0. The number of carbonyl (C=O) groups is 4. The Hall–Kier alpha value is -4.57. The number of Topliss-reactive ketones (excluding diaryl/α,β-unsaturated/α-hetero) is 1. The molecule has 0 bridgehead atoms. The molecule has 6 rings (SSSR count). The molecule has 2 aliphatic heterocycles. The fourth-order valence-electron chi connectivity index (χ4n) is 8.53. The highest BCUT2D eigenvalue weighted by Crippen LogP contribution is 2.57. The summed E-state index contributed by atoms with van der Waals surface area (Å²) < 4.78 is 49.2. The molecule has 1 saturated carbocycles. The van der Waals surface area contributed by atoms with Crippen LogP contribution >= 0.6 is 0 Å². The van der Waals surface area contributed by atoms with E-state index in [4.69, 9.17) is 23.9 Å². The highest BCUT2D eigenvalue weighted by molar-refractivity contribution is 7.87. The van der Waals surface area contributed by atoms with Crippen LogP contribution in [0.25, 0.3) is 22.5 Å². The first-order chi connectivity index (χ1) is 28.2. The Labute approximate surface area is 353 Å². The second-order valence-electron chi connectivity index (χ2n) is 18.2. The van der Waals surface area contributed by atoms with Crippen LogP contribution in [0.1, 0.15) is 123 Å². The quantitative estimate of drug-likeness (QED) is 0.161. The van der Waals surface area contributed by atoms with Gasteiger partial charge in [0.25, 0.3) is 6.01 Å². The SMILES string of the molecule is CCCc1nc(-c2cccc3c2nc(O[C@@H]2C[C@H]4C(=O)C[C@]5(C(=O)NS(=O)(=O)N(C)C)C[C@@H]5/C=C\CCCCC[C@H](CC(=O)OC(C)(C)C)C(=O)N4C2)n3C(C)C)oc1C. The van der Waals surface area contributed by atoms with Crippen molar-refractivity contribution < 1.29 is 41.5 Å². The number of rotatable bonds is 11. The van der Waals surface area contributed by atoms with Crippen LogP contribution in [-0.4, -0.2) is 94.1 Å². The number of amides is 2. The van der Waals surface area contributed by atoms with Gasteiger partial charge in [0.15, 0.2) is 5.78 Å². The van der Waals surface area contributed by atoms with Gasteiger partial charge in [-0.25, -0.2) is 9.71 Å². The first-order valence-corrected chi connectivity index (χ1v) is 22.8. The average Bonchev–Trinajstić information content (AvgIpc) is 3.40. The Balaban J connectivity index is 1.36. The number of nitrogens with zero attached hydrogens (tertiary/aromatic N) is 5. The lowest BCUT2D eigenvalue weighted by atomic mass is 9.90. The van der Waals surface area contributed by atoms with E-state index in [0.29, 0.717) is 35.8 Å². The van der Waals surface area contributed by atoms with Crippen molar-refractivity contribution in [2.45, 2.75) is 143 Å². The average molecular weight is 851 g/mol. The molecule has 1 saturated heterocycles. The second-order valence-corrected chi connectivity index (χ2v) is 20.1. The van der Waals surface area contributed by atoms with Gasteiger partial charge in [0.2, 0.25) is 17.7 Å². The van der Waals surface area contributed by atoms with Crippen LogP contribution in [0.5, 0.6) is 6.01 Å². The number of carbonyl (C=O) groups excluding carboxylic acids is 4. The van der Waals surface area contributed by atoms with E-state index in [1.807, 2.05) is 55.7 Å². The van der Waals surface area contributed by atoms with E-state index < -0.39 is 51.2 Å². The lowest BCUT2D eigenvalue weighted by Crippen LogP contribution is -2.47. The third-order valence-electron chi connectivity index (χ3n) is 11.8. The summed E-state index contributed by atoms with van der Waals surface area (Å²) in [6.07, 6.45) is 8.33. The third-order valence-corrected chi connectivity index (χ3v) is 13.2. The maximum absolute atomic E-state index is 14.8. The predicted molar refractivity (Wildman–Crippen MR) is 226 cm³/mol. The van der Waals surface area contributed by atoms with Gasteiger partial charge < -0.3 is 18.8 Å². The summed E-state index contributed by atoms with van der Waals surface area (Å²) in [7, 11) is -1.50. The summed E-state index contributed by atoms with van der Waals surface area (Å²) in [4.78, 5) is 67.9. The second kappa shape index (κ2) is 17.8. The van der Waals surface area contributed by atoms with E-state index in [1.165, 1.54) is 19.0 Å². The number of esters is 1. The fraction of sp³-hybridized carbons (Fsp3) is 0.636. The van der Waals surface area contributed by atoms with Crippen molar-refractivity contribution in [1.82, 2.24) is 28.5 Å². The Morgan fingerprint density at radius 1 is 1.12 bits per heavy atom. The Morgan fingerprint density at radius 2 is 1.87 bits per heavy atom. The molecule has 15 nitrogen and oxygen atoms in total. The molecule has 60 heavy (non-hydrogen) atoms. The number of hydrogen-bond donors (Lipinski definition) is 1. The molecule has 16 heteroatoms. The number of aromatic nitrogens is 3. The van der Waals surface area contributed by atoms with Crippen molar-refractivity contribution in [3.05, 3.63) is 41.8 Å². The lowest BCUT2D eigenvalue weighted by molar-refractivity contribution is -0.159. The molecule has 2 aromatic heterocycles. The molecule has 4 heterocycles. The van der Waals surface area contributed by atoms with Gasteiger partial charge >= 0.3 is 16.2 Å². The van der Waals surface area contributed by atoms with E-state index in [2.05, 4.69) is 11.6 Å². The van der Waals surface area contributed by atoms with Gasteiger partial charge in [0, 0.05) is 38.9 Å². The van der Waals surface area contributed by atoms with Crippen molar-refractivity contribution in [3.8, 4) is 17.5 Å². The van der Waals surface area contributed by atoms with Gasteiger partial charge in [-0.15, -0.1) is 0 Å². The molecule has 2 fully saturated rings. The van der Waals surface area contributed by atoms with E-state index in [0.717, 1.165) is 53.4 Å². The number of allylic oxidation sites excluding steroid dienone is 2. The van der Waals surface area contributed by atoms with Crippen molar-refractivity contribution in [3.63, 3.8) is 0 Å². The molecule has 0 unspecified atom stereocenters. The summed E-state index contributed by atoms with van der Waals surface area (Å²) in [6, 6.07) is 5.00. The highest BCUT2D eigenvalue weighted by Gasteiger charge is 2.61. The van der Waals surface area contributed by atoms with Crippen molar-refractivity contribution in [1.29, 1.82) is 0 Å². The monoisotopic (exact) mass is 850 g/mol. The van der Waals surface area contributed by atoms with Crippen molar-refractivity contribution in [2.24, 2.45) is 17.3 Å². The molecular formula is C44H62N6O9S. The summed E-state index contributed by atoms with van der Waals surface area (Å²) in [5.74, 6) is -1.88. The minimum atomic E-state index is -4.14. The smallest absolute Gasteiger partial charge is 0.307 e. The Kier molecular flexibility index (Phi) is 13.3. The van der Waals surface area contributed by atoms with Crippen LogP contribution in [0, 0.1) is 24.2 Å². The minimum absolute atomic E-state index is 0.0328. The number of para-hydroxylation sites is 1. The Morgan fingerprint density at radius 3 is 2.55 bits per heavy atom. The zero-order valence-electron chi connectivity index (χ0n) is 36.6. The van der Waals surface area contributed by atoms with Gasteiger partial charge in [0.05, 0.1) is 41.2 Å². The van der Waals surface area contributed by atoms with Crippen LogP contribution in [-0.2, 0) is 40.5 Å². The number of oxazole rings is 1. The summed E-state index contributed by atoms with van der Waals surface area (Å²) >= 11 is 0. The number of benzene rings is 1. The molecule has 328 valence electrons. The van der Waals surface area contributed by atoms with E-state index >= 15 is 0 Å². The molecule has 5 atom stereocenters. The maximum Gasteiger partial charge on any atom is 0.307 e. The standard InChI is InChI=1S/C44H62N6O9S/c1-10-17-33-28(4)57-39(45-33)32-20-16-21-34-38(32)46-42(50(34)27(2)3)58-31-23-35-36(51)25-44(41(54)47-60(55,56)48(8)9)24-30(44)19-15-13-11-12-14-18-29(40(53)49(35)26-31)22-37(52)59-43(5,6)7/h15-16,19-21,27,29-31,35H,10-14,17-18,22-26H2,1-9H3,(H,47,54)/b19-15-/t29-,30+,31-,35+,44-/m1/s1. The fourth-order valence-corrected chi connectivity index (χ4v) is 9.15. The van der Waals surface area contributed by atoms with Crippen molar-refractivity contribution in [2.75, 3.05) is 20.6 Å². The first kappa shape index (κ1) is 45.0. The molecule has 2 amide bonds. The van der Waals surface area contributed by atoms with Gasteiger partial charge in [0.1, 0.15) is 23.0 Å². The van der Waals surface area contributed by atoms with Crippen LogP contribution in [0.4, 0.5) is 0 Å². The lowest BCUT2D eigenvalue weighted by Gasteiger charge is -2.29. The highest BCUT2D eigenvalue weighted by atomic mass is 32.2. The predicted octanol–water partition coefficient (Wildman–Crippen LogP) is 6.64. The number of fused-ring (bicyclic) bond motifs is 3. The number of ether oxygens (including phenoxy) is 2. The Bertz CT molecular complexity index is 2240.